The number of carbonyl (C=O) groups is 1. The summed E-state index contributed by atoms with van der Waals surface area (Å²) in [6, 6.07) is 10.2. The van der Waals surface area contributed by atoms with E-state index in [9.17, 15) is 4.79 Å². The lowest BCUT2D eigenvalue weighted by Gasteiger charge is -2.38. The Morgan fingerprint density at radius 1 is 1.15 bits per heavy atom. The van der Waals surface area contributed by atoms with Crippen molar-refractivity contribution in [2.24, 2.45) is 0 Å². The van der Waals surface area contributed by atoms with E-state index in [0.29, 0.717) is 13.1 Å². The Balaban J connectivity index is 1.73. The van der Waals surface area contributed by atoms with Crippen LogP contribution in [0, 0.1) is 6.92 Å². The second kappa shape index (κ2) is 7.45. The van der Waals surface area contributed by atoms with Crippen molar-refractivity contribution in [2.45, 2.75) is 39.3 Å². The zero-order chi connectivity index (χ0) is 18.7. The van der Waals surface area contributed by atoms with Gasteiger partial charge in [0.25, 0.3) is 0 Å². The summed E-state index contributed by atoms with van der Waals surface area (Å²) in [5.41, 5.74) is 0.675. The highest BCUT2D eigenvalue weighted by molar-refractivity contribution is 5.68. The van der Waals surface area contributed by atoms with Crippen molar-refractivity contribution < 1.29 is 9.53 Å². The number of benzene rings is 1. The van der Waals surface area contributed by atoms with E-state index in [1.54, 1.807) is 4.90 Å². The smallest absolute Gasteiger partial charge is 0.410 e. The number of H-pyrrole nitrogens is 1. The maximum Gasteiger partial charge on any atom is 0.410 e. The molecule has 1 aliphatic heterocycles. The van der Waals surface area contributed by atoms with E-state index >= 15 is 0 Å². The summed E-state index contributed by atoms with van der Waals surface area (Å²) in [4.78, 5) is 20.9. The fourth-order valence-electron chi connectivity index (χ4n) is 3.13. The maximum absolute atomic E-state index is 12.3. The first kappa shape index (κ1) is 18.4. The van der Waals surface area contributed by atoms with Crippen molar-refractivity contribution in [3.8, 4) is 0 Å². The standard InChI is InChI=1S/C19H27N5O2/c1-14-20-17(22-21-14)16(15-8-6-5-7-9-15)23-10-12-24(13-11-23)18(25)26-19(2,3)4/h5-9,16H,10-13H2,1-4H3,(H,20,21,22). The van der Waals surface area contributed by atoms with E-state index in [1.807, 2.05) is 45.9 Å². The summed E-state index contributed by atoms with van der Waals surface area (Å²) >= 11 is 0. The summed E-state index contributed by atoms with van der Waals surface area (Å²) in [6.07, 6.45) is -0.248. The Labute approximate surface area is 154 Å². The van der Waals surface area contributed by atoms with Crippen molar-refractivity contribution in [1.82, 2.24) is 25.0 Å². The number of hydrogen-bond acceptors (Lipinski definition) is 5. The van der Waals surface area contributed by atoms with Gasteiger partial charge in [-0.25, -0.2) is 9.78 Å². The third-order valence-corrected chi connectivity index (χ3v) is 4.31. The van der Waals surface area contributed by atoms with Gasteiger partial charge in [-0.2, -0.15) is 5.10 Å². The Morgan fingerprint density at radius 2 is 1.81 bits per heavy atom. The monoisotopic (exact) mass is 357 g/mol. The number of nitrogens with zero attached hydrogens (tertiary/aromatic N) is 4. The van der Waals surface area contributed by atoms with Crippen molar-refractivity contribution in [3.05, 3.63) is 47.5 Å². The van der Waals surface area contributed by atoms with E-state index < -0.39 is 5.60 Å². The van der Waals surface area contributed by atoms with Crippen molar-refractivity contribution in [3.63, 3.8) is 0 Å². The molecule has 3 rings (SSSR count). The molecular formula is C19H27N5O2. The van der Waals surface area contributed by atoms with Gasteiger partial charge in [-0.05, 0) is 33.3 Å². The molecule has 2 aromatic rings. The molecule has 7 nitrogen and oxygen atoms in total. The van der Waals surface area contributed by atoms with Crippen molar-refractivity contribution in [2.75, 3.05) is 26.2 Å². The minimum absolute atomic E-state index is 0.0260. The van der Waals surface area contributed by atoms with E-state index in [-0.39, 0.29) is 12.1 Å². The third-order valence-electron chi connectivity index (χ3n) is 4.31. The van der Waals surface area contributed by atoms with Gasteiger partial charge in [0.2, 0.25) is 0 Å². The molecule has 140 valence electrons. The lowest BCUT2D eigenvalue weighted by atomic mass is 10.0. The normalized spacial score (nSPS) is 17.2. The zero-order valence-corrected chi connectivity index (χ0v) is 15.9. The molecule has 0 aliphatic carbocycles. The third kappa shape index (κ3) is 4.40. The van der Waals surface area contributed by atoms with Gasteiger partial charge in [0.05, 0.1) is 6.04 Å². The second-order valence-corrected chi connectivity index (χ2v) is 7.60. The lowest BCUT2D eigenvalue weighted by molar-refractivity contribution is 0.0116. The van der Waals surface area contributed by atoms with Crippen molar-refractivity contribution in [1.29, 1.82) is 0 Å². The largest absolute Gasteiger partial charge is 0.444 e. The highest BCUT2D eigenvalue weighted by Gasteiger charge is 2.31. The number of carbonyl (C=O) groups excluding carboxylic acids is 1. The molecule has 1 unspecified atom stereocenters. The molecule has 0 radical (unpaired) electrons. The number of rotatable bonds is 3. The number of hydrogen-bond donors (Lipinski definition) is 1. The fraction of sp³-hybridized carbons (Fsp3) is 0.526. The van der Waals surface area contributed by atoms with Crippen LogP contribution in [0.4, 0.5) is 4.79 Å². The molecule has 1 aromatic heterocycles. The van der Waals surface area contributed by atoms with Gasteiger partial charge in [-0.15, -0.1) is 0 Å². The van der Waals surface area contributed by atoms with Crippen LogP contribution in [0.1, 0.15) is 44.0 Å². The minimum atomic E-state index is -0.475. The molecule has 1 aliphatic rings. The summed E-state index contributed by atoms with van der Waals surface area (Å²) in [6.45, 7) is 10.3. The highest BCUT2D eigenvalue weighted by atomic mass is 16.6. The maximum atomic E-state index is 12.3. The molecule has 1 N–H and O–H groups in total. The molecule has 0 bridgehead atoms. The predicted octanol–water partition coefficient (Wildman–Crippen LogP) is 2.76. The van der Waals surface area contributed by atoms with E-state index in [1.165, 1.54) is 0 Å². The Kier molecular flexibility index (Phi) is 5.27. The van der Waals surface area contributed by atoms with Gasteiger partial charge in [-0.3, -0.25) is 10.00 Å². The molecule has 1 atom stereocenters. The van der Waals surface area contributed by atoms with Crippen LogP contribution in [0.5, 0.6) is 0 Å². The van der Waals surface area contributed by atoms with Crippen LogP contribution < -0.4 is 0 Å². The molecular weight excluding hydrogens is 330 g/mol. The molecule has 1 fully saturated rings. The second-order valence-electron chi connectivity index (χ2n) is 7.60. The minimum Gasteiger partial charge on any atom is -0.444 e. The Hall–Kier alpha value is -2.41. The molecule has 7 heteroatoms. The van der Waals surface area contributed by atoms with E-state index in [0.717, 1.165) is 30.3 Å². The SMILES string of the molecule is Cc1nc(C(c2ccccc2)N2CCN(C(=O)OC(C)(C)C)CC2)n[nH]1. The zero-order valence-electron chi connectivity index (χ0n) is 15.9. The van der Waals surface area contributed by atoms with Crippen LogP contribution in [0.25, 0.3) is 0 Å². The predicted molar refractivity (Wildman–Crippen MR) is 98.8 cm³/mol. The van der Waals surface area contributed by atoms with E-state index in [2.05, 4.69) is 32.2 Å². The summed E-state index contributed by atoms with van der Waals surface area (Å²) in [5, 5.41) is 7.33. The average Bonchev–Trinajstić information content (AvgIpc) is 3.01. The number of ether oxygens (including phenoxy) is 1. The van der Waals surface area contributed by atoms with Crippen LogP contribution in [0.15, 0.2) is 30.3 Å². The van der Waals surface area contributed by atoms with Crippen LogP contribution in [0.3, 0.4) is 0 Å². The van der Waals surface area contributed by atoms with Gasteiger partial charge >= 0.3 is 6.09 Å². The van der Waals surface area contributed by atoms with Gasteiger partial charge in [0, 0.05) is 26.2 Å². The number of amides is 1. The molecule has 0 spiro atoms. The van der Waals surface area contributed by atoms with Crippen molar-refractivity contribution >= 4 is 6.09 Å². The summed E-state index contributed by atoms with van der Waals surface area (Å²) in [5.74, 6) is 1.56. The summed E-state index contributed by atoms with van der Waals surface area (Å²) < 4.78 is 5.48. The van der Waals surface area contributed by atoms with Gasteiger partial charge in [0.15, 0.2) is 5.82 Å². The molecule has 26 heavy (non-hydrogen) atoms. The first-order valence-electron chi connectivity index (χ1n) is 8.99. The molecule has 1 aromatic carbocycles. The van der Waals surface area contributed by atoms with Crippen LogP contribution >= 0.6 is 0 Å². The number of aromatic nitrogens is 3. The molecule has 1 saturated heterocycles. The Morgan fingerprint density at radius 3 is 2.35 bits per heavy atom. The van der Waals surface area contributed by atoms with Gasteiger partial charge in [0.1, 0.15) is 11.4 Å². The van der Waals surface area contributed by atoms with Crippen LogP contribution in [-0.4, -0.2) is 62.9 Å². The van der Waals surface area contributed by atoms with Crippen LogP contribution in [-0.2, 0) is 4.74 Å². The first-order chi connectivity index (χ1) is 12.3. The topological polar surface area (TPSA) is 74.3 Å². The molecule has 2 heterocycles. The number of aromatic amines is 1. The lowest BCUT2D eigenvalue weighted by Crippen LogP contribution is -2.51. The van der Waals surface area contributed by atoms with Gasteiger partial charge < -0.3 is 9.64 Å². The molecule has 0 saturated carbocycles. The quantitative estimate of drug-likeness (QED) is 0.914. The van der Waals surface area contributed by atoms with E-state index in [4.69, 9.17) is 4.74 Å². The van der Waals surface area contributed by atoms with Crippen LogP contribution in [0.2, 0.25) is 0 Å². The number of nitrogens with one attached hydrogen (secondary N) is 1. The Bertz CT molecular complexity index is 730. The fourth-order valence-corrected chi connectivity index (χ4v) is 3.13. The summed E-state index contributed by atoms with van der Waals surface area (Å²) in [7, 11) is 0. The number of aryl methyl sites for hydroxylation is 1. The number of piperazine rings is 1. The molecule has 1 amide bonds. The first-order valence-corrected chi connectivity index (χ1v) is 8.99. The highest BCUT2D eigenvalue weighted by Crippen LogP contribution is 2.27. The van der Waals surface area contributed by atoms with Gasteiger partial charge in [-0.1, -0.05) is 30.3 Å². The average molecular weight is 357 g/mol.